The molecule has 1 aliphatic rings. The molecule has 1 amide bonds. The Morgan fingerprint density at radius 1 is 1.68 bits per heavy atom. The summed E-state index contributed by atoms with van der Waals surface area (Å²) in [5.41, 5.74) is 5.80. The van der Waals surface area contributed by atoms with Gasteiger partial charge in [-0.15, -0.1) is 0 Å². The molecule has 106 valence electrons. The van der Waals surface area contributed by atoms with Gasteiger partial charge in [-0.25, -0.2) is 4.98 Å². The Labute approximate surface area is 116 Å². The summed E-state index contributed by atoms with van der Waals surface area (Å²) in [5, 5.41) is 3.58. The standard InChI is InChI=1S/C12H20N4O2S/c1-14-12-15-10(13)9(19-12)11(17)16-5-3-4-8(6-16)7-18-2/h8H,3-7,13H2,1-2H3,(H,14,15). The molecular formula is C12H20N4O2S. The number of nitrogens with zero attached hydrogens (tertiary/aromatic N) is 2. The Morgan fingerprint density at radius 3 is 3.11 bits per heavy atom. The second-order valence-electron chi connectivity index (χ2n) is 4.70. The average molecular weight is 284 g/mol. The van der Waals surface area contributed by atoms with Gasteiger partial charge in [0.05, 0.1) is 6.61 Å². The van der Waals surface area contributed by atoms with E-state index in [-0.39, 0.29) is 5.91 Å². The van der Waals surface area contributed by atoms with Crippen molar-refractivity contribution in [3.63, 3.8) is 0 Å². The smallest absolute Gasteiger partial charge is 0.267 e. The number of aromatic nitrogens is 1. The predicted octanol–water partition coefficient (Wildman–Crippen LogP) is 1.27. The summed E-state index contributed by atoms with van der Waals surface area (Å²) in [4.78, 5) is 18.9. The zero-order valence-electron chi connectivity index (χ0n) is 11.3. The van der Waals surface area contributed by atoms with E-state index in [0.717, 1.165) is 25.9 Å². The number of likely N-dealkylation sites (tertiary alicyclic amines) is 1. The fraction of sp³-hybridized carbons (Fsp3) is 0.667. The van der Waals surface area contributed by atoms with Crippen molar-refractivity contribution in [1.82, 2.24) is 9.88 Å². The van der Waals surface area contributed by atoms with E-state index in [1.54, 1.807) is 14.2 Å². The third-order valence-corrected chi connectivity index (χ3v) is 4.35. The average Bonchev–Trinajstić information content (AvgIpc) is 2.80. The molecule has 0 radical (unpaired) electrons. The van der Waals surface area contributed by atoms with Crippen molar-refractivity contribution < 1.29 is 9.53 Å². The van der Waals surface area contributed by atoms with Crippen molar-refractivity contribution in [2.75, 3.05) is 44.9 Å². The molecular weight excluding hydrogens is 264 g/mol. The number of nitrogens with one attached hydrogen (secondary N) is 1. The number of rotatable bonds is 4. The molecule has 3 N–H and O–H groups in total. The molecule has 1 unspecified atom stereocenters. The minimum atomic E-state index is -0.0164. The molecule has 6 nitrogen and oxygen atoms in total. The largest absolute Gasteiger partial charge is 0.384 e. The number of thiazole rings is 1. The molecule has 1 aromatic rings. The van der Waals surface area contributed by atoms with Crippen molar-refractivity contribution in [1.29, 1.82) is 0 Å². The molecule has 1 aromatic heterocycles. The first-order chi connectivity index (χ1) is 9.15. The van der Waals surface area contributed by atoms with E-state index in [1.165, 1.54) is 11.3 Å². The van der Waals surface area contributed by atoms with Gasteiger partial charge in [-0.3, -0.25) is 4.79 Å². The van der Waals surface area contributed by atoms with Gasteiger partial charge in [-0.1, -0.05) is 11.3 Å². The lowest BCUT2D eigenvalue weighted by Gasteiger charge is -2.32. The first-order valence-corrected chi connectivity index (χ1v) is 7.19. The Hall–Kier alpha value is -1.34. The summed E-state index contributed by atoms with van der Waals surface area (Å²) in [6.45, 7) is 2.22. The van der Waals surface area contributed by atoms with Gasteiger partial charge in [0.1, 0.15) is 10.7 Å². The minimum absolute atomic E-state index is 0.0164. The van der Waals surface area contributed by atoms with Crippen LogP contribution in [0.5, 0.6) is 0 Å². The lowest BCUT2D eigenvalue weighted by Crippen LogP contribution is -2.41. The van der Waals surface area contributed by atoms with Crippen molar-refractivity contribution in [2.45, 2.75) is 12.8 Å². The van der Waals surface area contributed by atoms with E-state index in [1.807, 2.05) is 4.90 Å². The zero-order valence-corrected chi connectivity index (χ0v) is 12.1. The summed E-state index contributed by atoms with van der Waals surface area (Å²) in [6, 6.07) is 0. The van der Waals surface area contributed by atoms with Crippen LogP contribution in [0.4, 0.5) is 10.9 Å². The SMILES string of the molecule is CNc1nc(N)c(C(=O)N2CCCC(COC)C2)s1. The number of amides is 1. The van der Waals surface area contributed by atoms with Crippen molar-refractivity contribution in [3.05, 3.63) is 4.88 Å². The maximum absolute atomic E-state index is 12.4. The van der Waals surface area contributed by atoms with Gasteiger partial charge in [0.25, 0.3) is 5.91 Å². The molecule has 19 heavy (non-hydrogen) atoms. The molecule has 1 fully saturated rings. The highest BCUT2D eigenvalue weighted by atomic mass is 32.1. The molecule has 0 aliphatic carbocycles. The molecule has 2 heterocycles. The normalized spacial score (nSPS) is 19.5. The molecule has 1 saturated heterocycles. The molecule has 1 aliphatic heterocycles. The maximum Gasteiger partial charge on any atom is 0.267 e. The van der Waals surface area contributed by atoms with Gasteiger partial charge < -0.3 is 20.7 Å². The number of hydrogen-bond acceptors (Lipinski definition) is 6. The van der Waals surface area contributed by atoms with E-state index in [0.29, 0.717) is 28.4 Å². The second kappa shape index (κ2) is 6.21. The first kappa shape index (κ1) is 14.1. The van der Waals surface area contributed by atoms with E-state index >= 15 is 0 Å². The number of nitrogen functional groups attached to an aromatic ring is 1. The molecule has 0 saturated carbocycles. The highest BCUT2D eigenvalue weighted by Gasteiger charge is 2.27. The van der Waals surface area contributed by atoms with Gasteiger partial charge >= 0.3 is 0 Å². The number of ether oxygens (including phenoxy) is 1. The van der Waals surface area contributed by atoms with Crippen LogP contribution in [-0.2, 0) is 4.74 Å². The zero-order chi connectivity index (χ0) is 13.8. The summed E-state index contributed by atoms with van der Waals surface area (Å²) < 4.78 is 5.18. The van der Waals surface area contributed by atoms with Crippen LogP contribution in [0.3, 0.4) is 0 Å². The number of carbonyl (C=O) groups excluding carboxylic acids is 1. The van der Waals surface area contributed by atoms with Crippen LogP contribution in [0.1, 0.15) is 22.5 Å². The summed E-state index contributed by atoms with van der Waals surface area (Å²) in [5.74, 6) is 0.714. The van der Waals surface area contributed by atoms with E-state index in [4.69, 9.17) is 10.5 Å². The fourth-order valence-corrected chi connectivity index (χ4v) is 3.16. The monoisotopic (exact) mass is 284 g/mol. The summed E-state index contributed by atoms with van der Waals surface area (Å²) in [7, 11) is 3.46. The lowest BCUT2D eigenvalue weighted by atomic mass is 9.99. The number of nitrogens with two attached hydrogens (primary N) is 1. The van der Waals surface area contributed by atoms with Crippen molar-refractivity contribution in [2.24, 2.45) is 5.92 Å². The van der Waals surface area contributed by atoms with Crippen LogP contribution >= 0.6 is 11.3 Å². The Morgan fingerprint density at radius 2 is 2.47 bits per heavy atom. The Balaban J connectivity index is 2.07. The van der Waals surface area contributed by atoms with Crippen LogP contribution in [0.2, 0.25) is 0 Å². The molecule has 0 aromatic carbocycles. The Bertz CT molecular complexity index is 447. The first-order valence-electron chi connectivity index (χ1n) is 6.38. The van der Waals surface area contributed by atoms with Gasteiger partial charge in [0.15, 0.2) is 5.13 Å². The van der Waals surface area contributed by atoms with Crippen molar-refractivity contribution in [3.8, 4) is 0 Å². The predicted molar refractivity (Wildman–Crippen MR) is 76.6 cm³/mol. The van der Waals surface area contributed by atoms with Crippen LogP contribution in [0.15, 0.2) is 0 Å². The highest BCUT2D eigenvalue weighted by molar-refractivity contribution is 7.18. The lowest BCUT2D eigenvalue weighted by molar-refractivity contribution is 0.0576. The Kier molecular flexibility index (Phi) is 4.60. The number of hydrogen-bond donors (Lipinski definition) is 2. The van der Waals surface area contributed by atoms with Crippen LogP contribution in [-0.4, -0.2) is 49.6 Å². The number of carbonyl (C=O) groups is 1. The maximum atomic E-state index is 12.4. The van der Waals surface area contributed by atoms with Crippen LogP contribution in [0.25, 0.3) is 0 Å². The van der Waals surface area contributed by atoms with Crippen LogP contribution in [0, 0.1) is 5.92 Å². The molecule has 0 bridgehead atoms. The van der Waals surface area contributed by atoms with Crippen molar-refractivity contribution >= 4 is 28.2 Å². The van der Waals surface area contributed by atoms with Gasteiger partial charge in [0.2, 0.25) is 0 Å². The van der Waals surface area contributed by atoms with E-state index in [2.05, 4.69) is 10.3 Å². The van der Waals surface area contributed by atoms with E-state index < -0.39 is 0 Å². The molecule has 7 heteroatoms. The fourth-order valence-electron chi connectivity index (χ4n) is 2.36. The number of methoxy groups -OCH3 is 1. The van der Waals surface area contributed by atoms with Gasteiger partial charge in [-0.05, 0) is 18.8 Å². The van der Waals surface area contributed by atoms with Gasteiger partial charge in [-0.2, -0.15) is 0 Å². The minimum Gasteiger partial charge on any atom is -0.384 e. The second-order valence-corrected chi connectivity index (χ2v) is 5.70. The third-order valence-electron chi connectivity index (χ3n) is 3.27. The molecule has 2 rings (SSSR count). The molecule has 1 atom stereocenters. The topological polar surface area (TPSA) is 80.5 Å². The van der Waals surface area contributed by atoms with Crippen LogP contribution < -0.4 is 11.1 Å². The molecule has 0 spiro atoms. The summed E-state index contributed by atoms with van der Waals surface area (Å²) in [6.07, 6.45) is 2.12. The van der Waals surface area contributed by atoms with Gasteiger partial charge in [0, 0.05) is 27.2 Å². The van der Waals surface area contributed by atoms with E-state index in [9.17, 15) is 4.79 Å². The quantitative estimate of drug-likeness (QED) is 0.870. The highest BCUT2D eigenvalue weighted by Crippen LogP contribution is 2.27. The number of anilines is 2. The third kappa shape index (κ3) is 3.16. The summed E-state index contributed by atoms with van der Waals surface area (Å²) >= 11 is 1.31. The number of piperidine rings is 1.